The third-order valence-electron chi connectivity index (χ3n) is 5.21. The number of hydrogen-bond donors (Lipinski definition) is 0. The summed E-state index contributed by atoms with van der Waals surface area (Å²) >= 11 is 5.76. The molecule has 0 spiro atoms. The normalized spacial score (nSPS) is 12.0. The van der Waals surface area contributed by atoms with Crippen LogP contribution in [0, 0.1) is 5.82 Å². The summed E-state index contributed by atoms with van der Waals surface area (Å²) < 4.78 is 98.9. The first-order chi connectivity index (χ1) is 17.8. The third-order valence-corrected chi connectivity index (χ3v) is 5.41. The second-order valence-electron chi connectivity index (χ2n) is 7.84. The number of carbonyl (C=O) groups is 1. The van der Waals surface area contributed by atoms with Gasteiger partial charge in [0.15, 0.2) is 11.6 Å². The van der Waals surface area contributed by atoms with E-state index >= 15 is 0 Å². The first-order valence-corrected chi connectivity index (χ1v) is 10.9. The lowest BCUT2D eigenvalue weighted by Gasteiger charge is -2.23. The Balaban J connectivity index is 1.66. The zero-order chi connectivity index (χ0) is 27.7. The maximum absolute atomic E-state index is 13.6. The van der Waals surface area contributed by atoms with Crippen LogP contribution in [0.1, 0.15) is 22.6 Å². The number of amides is 1. The average molecular weight is 559 g/mol. The van der Waals surface area contributed by atoms with Crippen molar-refractivity contribution in [3.05, 3.63) is 94.5 Å². The van der Waals surface area contributed by atoms with Gasteiger partial charge in [-0.25, -0.2) is 19.3 Å². The molecule has 0 N–H and O–H groups in total. The smallest absolute Gasteiger partial charge is 0.416 e. The van der Waals surface area contributed by atoms with E-state index < -0.39 is 53.7 Å². The highest BCUT2D eigenvalue weighted by molar-refractivity contribution is 6.30. The molecule has 0 bridgehead atoms. The van der Waals surface area contributed by atoms with Crippen molar-refractivity contribution in [1.82, 2.24) is 15.0 Å². The van der Waals surface area contributed by atoms with E-state index in [1.807, 2.05) is 0 Å². The summed E-state index contributed by atoms with van der Waals surface area (Å²) in [4.78, 5) is 26.2. The molecule has 14 heteroatoms. The predicted molar refractivity (Wildman–Crippen MR) is 120 cm³/mol. The van der Waals surface area contributed by atoms with Crippen LogP contribution in [0.3, 0.4) is 0 Å². The molecule has 0 aliphatic rings. The van der Waals surface area contributed by atoms with Crippen molar-refractivity contribution in [1.29, 1.82) is 0 Å². The topological polar surface area (TPSA) is 72.1 Å². The standard InChI is InChI=1S/C24H14ClF7N4O2/c25-15-9-34-22(35-10-15)19-11-33-20(38-19)12-36(17-5-3-16(26)4-6-17)21(37)7-13-1-2-14(23(27,28)29)8-18(13)24(30,31)32/h1-6,8-11H,7,12H2. The summed E-state index contributed by atoms with van der Waals surface area (Å²) in [6.07, 6.45) is -7.22. The van der Waals surface area contributed by atoms with Crippen LogP contribution >= 0.6 is 11.6 Å². The van der Waals surface area contributed by atoms with Gasteiger partial charge in [-0.15, -0.1) is 0 Å². The number of halogens is 8. The second-order valence-corrected chi connectivity index (χ2v) is 8.28. The van der Waals surface area contributed by atoms with Crippen LogP contribution in [-0.4, -0.2) is 20.9 Å². The molecule has 2 heterocycles. The van der Waals surface area contributed by atoms with E-state index in [-0.39, 0.29) is 34.3 Å². The van der Waals surface area contributed by atoms with Crippen molar-refractivity contribution in [3.8, 4) is 11.6 Å². The zero-order valence-corrected chi connectivity index (χ0v) is 19.6. The number of aromatic nitrogens is 3. The minimum atomic E-state index is -5.16. The highest BCUT2D eigenvalue weighted by Crippen LogP contribution is 2.38. The van der Waals surface area contributed by atoms with E-state index in [4.69, 9.17) is 16.0 Å². The van der Waals surface area contributed by atoms with Crippen LogP contribution in [0.15, 0.2) is 65.5 Å². The van der Waals surface area contributed by atoms with Crippen LogP contribution in [0.2, 0.25) is 5.02 Å². The van der Waals surface area contributed by atoms with E-state index in [1.165, 1.54) is 30.7 Å². The van der Waals surface area contributed by atoms with Crippen LogP contribution in [0.5, 0.6) is 0 Å². The summed E-state index contributed by atoms with van der Waals surface area (Å²) in [5, 5.41) is 0.267. The van der Waals surface area contributed by atoms with Gasteiger partial charge < -0.3 is 9.32 Å². The number of benzene rings is 2. The maximum atomic E-state index is 13.6. The highest BCUT2D eigenvalue weighted by Gasteiger charge is 2.38. The molecule has 0 fully saturated rings. The van der Waals surface area contributed by atoms with Crippen molar-refractivity contribution < 1.29 is 39.9 Å². The van der Waals surface area contributed by atoms with Crippen LogP contribution < -0.4 is 4.90 Å². The monoisotopic (exact) mass is 558 g/mol. The van der Waals surface area contributed by atoms with Crippen molar-refractivity contribution in [3.63, 3.8) is 0 Å². The van der Waals surface area contributed by atoms with Crippen molar-refractivity contribution >= 4 is 23.2 Å². The minimum absolute atomic E-state index is 0.0443. The van der Waals surface area contributed by atoms with Crippen LogP contribution in [-0.2, 0) is 30.1 Å². The summed E-state index contributed by atoms with van der Waals surface area (Å²) in [6.45, 7) is -0.403. The van der Waals surface area contributed by atoms with Gasteiger partial charge in [-0.1, -0.05) is 17.7 Å². The lowest BCUT2D eigenvalue weighted by Crippen LogP contribution is -2.32. The molecule has 6 nitrogen and oxygen atoms in total. The Bertz CT molecular complexity index is 1440. The molecule has 0 saturated carbocycles. The van der Waals surface area contributed by atoms with Gasteiger partial charge in [-0.2, -0.15) is 26.3 Å². The van der Waals surface area contributed by atoms with E-state index in [1.54, 1.807) is 0 Å². The molecule has 0 aliphatic carbocycles. The molecular weight excluding hydrogens is 545 g/mol. The van der Waals surface area contributed by atoms with Gasteiger partial charge in [-0.05, 0) is 42.0 Å². The van der Waals surface area contributed by atoms with E-state index in [0.717, 1.165) is 17.0 Å². The lowest BCUT2D eigenvalue weighted by molar-refractivity contribution is -0.143. The SMILES string of the molecule is O=C(Cc1ccc(C(F)(F)F)cc1C(F)(F)F)N(Cc1ncc(-c2ncc(Cl)cn2)o1)c1ccc(F)cc1. The van der Waals surface area contributed by atoms with Gasteiger partial charge in [0, 0.05) is 18.1 Å². The Labute approximate surface area is 214 Å². The van der Waals surface area contributed by atoms with E-state index in [0.29, 0.717) is 12.1 Å². The lowest BCUT2D eigenvalue weighted by atomic mass is 10.00. The Morgan fingerprint density at radius 1 is 0.895 bits per heavy atom. The second kappa shape index (κ2) is 10.4. The molecule has 0 saturated heterocycles. The third kappa shape index (κ3) is 6.28. The minimum Gasteiger partial charge on any atom is -0.435 e. The van der Waals surface area contributed by atoms with Crippen LogP contribution in [0.25, 0.3) is 11.6 Å². The van der Waals surface area contributed by atoms with Gasteiger partial charge in [0.05, 0.1) is 28.8 Å². The number of carbonyl (C=O) groups excluding carboxylic acids is 1. The molecule has 38 heavy (non-hydrogen) atoms. The summed E-state index contributed by atoms with van der Waals surface area (Å²) in [5.41, 5.74) is -3.70. The Kier molecular flexibility index (Phi) is 7.40. The molecule has 0 atom stereocenters. The average Bonchev–Trinajstić information content (AvgIpc) is 3.31. The first kappa shape index (κ1) is 27.0. The van der Waals surface area contributed by atoms with E-state index in [2.05, 4.69) is 15.0 Å². The molecule has 4 rings (SSSR count). The Hall–Kier alpha value is -4.00. The van der Waals surface area contributed by atoms with Crippen molar-refractivity contribution in [2.24, 2.45) is 0 Å². The van der Waals surface area contributed by atoms with Gasteiger partial charge in [0.2, 0.25) is 11.8 Å². The van der Waals surface area contributed by atoms with Crippen molar-refractivity contribution in [2.75, 3.05) is 4.90 Å². The first-order valence-electron chi connectivity index (χ1n) is 10.6. The number of oxazole rings is 1. The highest BCUT2D eigenvalue weighted by atomic mass is 35.5. The fourth-order valence-electron chi connectivity index (χ4n) is 3.44. The van der Waals surface area contributed by atoms with Gasteiger partial charge in [0.25, 0.3) is 0 Å². The Morgan fingerprint density at radius 3 is 2.16 bits per heavy atom. The molecule has 1 amide bonds. The fourth-order valence-corrected chi connectivity index (χ4v) is 3.53. The number of hydrogen-bond acceptors (Lipinski definition) is 5. The molecule has 0 unspecified atom stereocenters. The molecule has 2 aromatic heterocycles. The van der Waals surface area contributed by atoms with E-state index in [9.17, 15) is 35.5 Å². The van der Waals surface area contributed by atoms with Crippen molar-refractivity contribution in [2.45, 2.75) is 25.3 Å². The molecular formula is C24H14ClF7N4O2. The van der Waals surface area contributed by atoms with Gasteiger partial charge in [0.1, 0.15) is 12.4 Å². The molecule has 2 aromatic carbocycles. The Morgan fingerprint density at radius 2 is 1.55 bits per heavy atom. The van der Waals surface area contributed by atoms with Gasteiger partial charge >= 0.3 is 12.4 Å². The summed E-state index contributed by atoms with van der Waals surface area (Å²) in [5.74, 6) is -1.43. The zero-order valence-electron chi connectivity index (χ0n) is 18.8. The fraction of sp³-hybridized carbons (Fsp3) is 0.167. The largest absolute Gasteiger partial charge is 0.435 e. The molecule has 198 valence electrons. The molecule has 4 aromatic rings. The molecule has 0 radical (unpaired) electrons. The quantitative estimate of drug-likeness (QED) is 0.245. The van der Waals surface area contributed by atoms with Gasteiger partial charge in [-0.3, -0.25) is 4.79 Å². The summed E-state index contributed by atoms with van der Waals surface area (Å²) in [7, 11) is 0. The molecule has 0 aliphatic heterocycles. The number of alkyl halides is 6. The maximum Gasteiger partial charge on any atom is 0.416 e. The number of anilines is 1. The van der Waals surface area contributed by atoms with Crippen LogP contribution in [0.4, 0.5) is 36.4 Å². The summed E-state index contributed by atoms with van der Waals surface area (Å²) in [6, 6.07) is 5.49. The number of rotatable bonds is 6. The number of nitrogens with zero attached hydrogens (tertiary/aromatic N) is 4. The predicted octanol–water partition coefficient (Wildman–Crippen LogP) is 6.74.